The van der Waals surface area contributed by atoms with Crippen LogP contribution in [-0.2, 0) is 7.05 Å². The normalized spacial score (nSPS) is 12.7. The molecule has 18 heavy (non-hydrogen) atoms. The first-order chi connectivity index (χ1) is 8.59. The number of amides is 1. The van der Waals surface area contributed by atoms with Gasteiger partial charge in [0, 0.05) is 7.05 Å². The highest BCUT2D eigenvalue weighted by Gasteiger charge is 2.23. The summed E-state index contributed by atoms with van der Waals surface area (Å²) in [5.41, 5.74) is 0.433. The molecule has 2 heterocycles. The Balaban J connectivity index is 2.18. The third-order valence-corrected chi connectivity index (χ3v) is 2.72. The number of nitrogens with one attached hydrogen (secondary N) is 2. The molecule has 0 unspecified atom stereocenters. The topological polar surface area (TPSA) is 88.5 Å². The van der Waals surface area contributed by atoms with E-state index in [-0.39, 0.29) is 17.9 Å². The molecule has 0 aliphatic heterocycles. The van der Waals surface area contributed by atoms with Crippen LogP contribution in [0.15, 0.2) is 18.9 Å². The van der Waals surface area contributed by atoms with Crippen molar-refractivity contribution < 1.29 is 4.79 Å². The van der Waals surface area contributed by atoms with Gasteiger partial charge < -0.3 is 10.3 Å². The van der Waals surface area contributed by atoms with Crippen LogP contribution in [0.3, 0.4) is 0 Å². The number of rotatable bonds is 4. The van der Waals surface area contributed by atoms with Crippen molar-refractivity contribution in [1.82, 2.24) is 30.0 Å². The van der Waals surface area contributed by atoms with Crippen LogP contribution in [0.1, 0.15) is 36.2 Å². The molecule has 2 rings (SSSR count). The van der Waals surface area contributed by atoms with Crippen molar-refractivity contribution in [2.24, 2.45) is 13.0 Å². The van der Waals surface area contributed by atoms with Crippen molar-refractivity contribution in [3.8, 4) is 0 Å². The summed E-state index contributed by atoms with van der Waals surface area (Å²) in [6.07, 6.45) is 4.44. The van der Waals surface area contributed by atoms with E-state index < -0.39 is 0 Å². The smallest absolute Gasteiger partial charge is 0.269 e. The molecule has 0 fully saturated rings. The highest BCUT2D eigenvalue weighted by atomic mass is 16.2. The molecule has 96 valence electrons. The maximum atomic E-state index is 12.0. The first-order valence-electron chi connectivity index (χ1n) is 5.72. The summed E-state index contributed by atoms with van der Waals surface area (Å²) >= 11 is 0. The van der Waals surface area contributed by atoms with Crippen molar-refractivity contribution in [3.63, 3.8) is 0 Å². The highest BCUT2D eigenvalue weighted by Crippen LogP contribution is 2.19. The average Bonchev–Trinajstić information content (AvgIpc) is 2.96. The Kier molecular flexibility index (Phi) is 3.40. The number of carbonyl (C=O) groups excluding carboxylic acids is 1. The molecule has 1 amide bonds. The summed E-state index contributed by atoms with van der Waals surface area (Å²) in [6.45, 7) is 4.04. The fourth-order valence-corrected chi connectivity index (χ4v) is 1.72. The predicted octanol–water partition coefficient (Wildman–Crippen LogP) is 0.665. The molecule has 1 atom stereocenters. The van der Waals surface area contributed by atoms with Gasteiger partial charge in [0.05, 0.1) is 18.6 Å². The van der Waals surface area contributed by atoms with Gasteiger partial charge in [-0.05, 0) is 5.92 Å². The fourth-order valence-electron chi connectivity index (χ4n) is 1.72. The minimum atomic E-state index is -0.200. The van der Waals surface area contributed by atoms with E-state index in [2.05, 4.69) is 25.4 Å². The van der Waals surface area contributed by atoms with E-state index in [1.807, 2.05) is 13.8 Å². The van der Waals surface area contributed by atoms with Gasteiger partial charge in [-0.1, -0.05) is 13.8 Å². The number of H-pyrrole nitrogens is 1. The zero-order valence-corrected chi connectivity index (χ0v) is 10.6. The lowest BCUT2D eigenvalue weighted by Crippen LogP contribution is -2.33. The van der Waals surface area contributed by atoms with Crippen LogP contribution in [0.5, 0.6) is 0 Å². The molecule has 2 aromatic rings. The molecule has 0 saturated heterocycles. The minimum absolute atomic E-state index is 0.187. The van der Waals surface area contributed by atoms with Crippen LogP contribution < -0.4 is 5.32 Å². The first kappa shape index (κ1) is 12.3. The Morgan fingerprint density at radius 1 is 1.50 bits per heavy atom. The Bertz CT molecular complexity index is 515. The molecule has 7 heteroatoms. The van der Waals surface area contributed by atoms with Crippen molar-refractivity contribution in [2.75, 3.05) is 0 Å². The van der Waals surface area contributed by atoms with Crippen LogP contribution in [0, 0.1) is 5.92 Å². The molecule has 0 aromatic carbocycles. The van der Waals surface area contributed by atoms with Gasteiger partial charge in [0.15, 0.2) is 0 Å². The number of hydrogen-bond acceptors (Lipinski definition) is 4. The van der Waals surface area contributed by atoms with E-state index in [0.29, 0.717) is 5.69 Å². The predicted molar refractivity (Wildman–Crippen MR) is 64.6 cm³/mol. The number of aryl methyl sites for hydroxylation is 1. The molecule has 0 bridgehead atoms. The van der Waals surface area contributed by atoms with Gasteiger partial charge in [-0.15, -0.1) is 0 Å². The van der Waals surface area contributed by atoms with Crippen LogP contribution >= 0.6 is 0 Å². The van der Waals surface area contributed by atoms with Crippen molar-refractivity contribution >= 4 is 5.91 Å². The van der Waals surface area contributed by atoms with Gasteiger partial charge in [0.2, 0.25) is 0 Å². The van der Waals surface area contributed by atoms with Crippen LogP contribution in [0.2, 0.25) is 0 Å². The maximum Gasteiger partial charge on any atom is 0.269 e. The average molecular weight is 248 g/mol. The Morgan fingerprint density at radius 2 is 2.28 bits per heavy atom. The lowest BCUT2D eigenvalue weighted by molar-refractivity contribution is 0.0917. The van der Waals surface area contributed by atoms with Crippen molar-refractivity contribution in [2.45, 2.75) is 19.9 Å². The Morgan fingerprint density at radius 3 is 2.78 bits per heavy atom. The van der Waals surface area contributed by atoms with E-state index in [4.69, 9.17) is 0 Å². The molecular weight excluding hydrogens is 232 g/mol. The van der Waals surface area contributed by atoms with E-state index in [9.17, 15) is 4.79 Å². The number of imidazole rings is 1. The Labute approximate surface area is 105 Å². The van der Waals surface area contributed by atoms with E-state index in [1.165, 1.54) is 18.9 Å². The number of aromatic nitrogens is 5. The molecule has 0 saturated carbocycles. The SMILES string of the molecule is CC(C)[C@H](NC(=O)c1cnc[nH]1)c1ncnn1C. The summed E-state index contributed by atoms with van der Waals surface area (Å²) in [7, 11) is 1.81. The molecule has 0 aliphatic carbocycles. The van der Waals surface area contributed by atoms with Gasteiger partial charge in [0.1, 0.15) is 17.8 Å². The first-order valence-corrected chi connectivity index (χ1v) is 5.72. The molecule has 0 spiro atoms. The second kappa shape index (κ2) is 4.99. The summed E-state index contributed by atoms with van der Waals surface area (Å²) < 4.78 is 1.66. The van der Waals surface area contributed by atoms with Gasteiger partial charge in [-0.2, -0.15) is 5.10 Å². The molecule has 7 nitrogen and oxygen atoms in total. The highest BCUT2D eigenvalue weighted by molar-refractivity contribution is 5.92. The van der Waals surface area contributed by atoms with Crippen molar-refractivity contribution in [1.29, 1.82) is 0 Å². The van der Waals surface area contributed by atoms with Gasteiger partial charge in [-0.25, -0.2) is 9.97 Å². The lowest BCUT2D eigenvalue weighted by Gasteiger charge is -2.20. The van der Waals surface area contributed by atoms with E-state index in [0.717, 1.165) is 5.82 Å². The molecule has 0 aliphatic rings. The summed E-state index contributed by atoms with van der Waals surface area (Å²) in [5, 5.41) is 6.95. The van der Waals surface area contributed by atoms with Gasteiger partial charge in [0.25, 0.3) is 5.91 Å². The minimum Gasteiger partial charge on any atom is -0.341 e. The van der Waals surface area contributed by atoms with Crippen molar-refractivity contribution in [3.05, 3.63) is 30.4 Å². The quantitative estimate of drug-likeness (QED) is 0.832. The zero-order valence-electron chi connectivity index (χ0n) is 10.6. The van der Waals surface area contributed by atoms with Gasteiger partial charge in [-0.3, -0.25) is 9.48 Å². The largest absolute Gasteiger partial charge is 0.341 e. The van der Waals surface area contributed by atoms with E-state index in [1.54, 1.807) is 11.7 Å². The third kappa shape index (κ3) is 2.39. The summed E-state index contributed by atoms with van der Waals surface area (Å²) in [4.78, 5) is 22.8. The lowest BCUT2D eigenvalue weighted by atomic mass is 10.0. The number of carbonyl (C=O) groups is 1. The second-order valence-corrected chi connectivity index (χ2v) is 4.40. The maximum absolute atomic E-state index is 12.0. The molecule has 0 radical (unpaired) electrons. The number of hydrogen-bond donors (Lipinski definition) is 2. The zero-order chi connectivity index (χ0) is 13.1. The second-order valence-electron chi connectivity index (χ2n) is 4.40. The van der Waals surface area contributed by atoms with Crippen LogP contribution in [0.25, 0.3) is 0 Å². The molecule has 2 aromatic heterocycles. The third-order valence-electron chi connectivity index (χ3n) is 2.72. The van der Waals surface area contributed by atoms with Gasteiger partial charge >= 0.3 is 0 Å². The Hall–Kier alpha value is -2.18. The summed E-state index contributed by atoms with van der Waals surface area (Å²) in [6, 6.07) is -0.187. The molecule has 2 N–H and O–H groups in total. The molecular formula is C11H16N6O. The standard InChI is InChI=1S/C11H16N6O/c1-7(2)9(10-14-6-15-17(10)3)16-11(18)8-4-12-5-13-8/h4-7,9H,1-3H3,(H,12,13)(H,16,18)/t9-/m0/s1. The fraction of sp³-hybridized carbons (Fsp3) is 0.455. The van der Waals surface area contributed by atoms with Crippen LogP contribution in [0.4, 0.5) is 0 Å². The van der Waals surface area contributed by atoms with Crippen LogP contribution in [-0.4, -0.2) is 30.6 Å². The number of aromatic amines is 1. The number of nitrogens with zero attached hydrogens (tertiary/aromatic N) is 4. The monoisotopic (exact) mass is 248 g/mol. The summed E-state index contributed by atoms with van der Waals surface area (Å²) in [5.74, 6) is 0.742. The van der Waals surface area contributed by atoms with E-state index >= 15 is 0 Å².